The van der Waals surface area contributed by atoms with Crippen LogP contribution >= 0.6 is 15.9 Å². The zero-order valence-electron chi connectivity index (χ0n) is 12.9. The van der Waals surface area contributed by atoms with E-state index in [1.807, 2.05) is 12.1 Å². The molecule has 22 heavy (non-hydrogen) atoms. The van der Waals surface area contributed by atoms with Crippen LogP contribution in [0, 0.1) is 0 Å². The maximum Gasteiger partial charge on any atom is 0.220 e. The van der Waals surface area contributed by atoms with Crippen molar-refractivity contribution in [1.29, 1.82) is 0 Å². The van der Waals surface area contributed by atoms with Crippen LogP contribution in [0.4, 0.5) is 0 Å². The first-order chi connectivity index (χ1) is 10.6. The Morgan fingerprint density at radius 2 is 1.55 bits per heavy atom. The molecule has 1 aromatic carbocycles. The molecule has 0 aromatic heterocycles. The highest BCUT2D eigenvalue weighted by molar-refractivity contribution is 9.10. The second-order valence-corrected chi connectivity index (χ2v) is 6.96. The molecule has 1 aliphatic rings. The number of hydrogen-bond acceptors (Lipinski definition) is 2. The fourth-order valence-electron chi connectivity index (χ4n) is 2.91. The molecule has 1 saturated carbocycles. The first-order valence-electron chi connectivity index (χ1n) is 8.23. The summed E-state index contributed by atoms with van der Waals surface area (Å²) in [5.41, 5.74) is 0.668. The predicted octanol–water partition coefficient (Wildman–Crippen LogP) is 4.64. The van der Waals surface area contributed by atoms with E-state index in [-0.39, 0.29) is 24.5 Å². The SMILES string of the molecule is O=C(CCC(=O)c1ccc(Br)cc1)NC1CCCCCCC1. The van der Waals surface area contributed by atoms with E-state index in [0.717, 1.165) is 17.3 Å². The van der Waals surface area contributed by atoms with Gasteiger partial charge < -0.3 is 5.32 Å². The van der Waals surface area contributed by atoms with Crippen molar-refractivity contribution >= 4 is 27.6 Å². The van der Waals surface area contributed by atoms with Crippen molar-refractivity contribution in [3.05, 3.63) is 34.3 Å². The van der Waals surface area contributed by atoms with Gasteiger partial charge in [-0.3, -0.25) is 9.59 Å². The van der Waals surface area contributed by atoms with Crippen LogP contribution in [0.2, 0.25) is 0 Å². The van der Waals surface area contributed by atoms with Gasteiger partial charge in [-0.2, -0.15) is 0 Å². The van der Waals surface area contributed by atoms with Crippen molar-refractivity contribution in [3.8, 4) is 0 Å². The molecular weight excluding hydrogens is 342 g/mol. The summed E-state index contributed by atoms with van der Waals surface area (Å²) in [6.07, 6.45) is 8.97. The first kappa shape index (κ1) is 17.2. The molecule has 1 N–H and O–H groups in total. The predicted molar refractivity (Wildman–Crippen MR) is 92.0 cm³/mol. The van der Waals surface area contributed by atoms with Gasteiger partial charge in [0.25, 0.3) is 0 Å². The number of carbonyl (C=O) groups is 2. The number of Topliss-reactive ketones (excluding diaryl/α,β-unsaturated/α-hetero) is 1. The quantitative estimate of drug-likeness (QED) is 0.772. The molecule has 1 amide bonds. The topological polar surface area (TPSA) is 46.2 Å². The van der Waals surface area contributed by atoms with Crippen molar-refractivity contribution in [3.63, 3.8) is 0 Å². The number of rotatable bonds is 5. The zero-order valence-corrected chi connectivity index (χ0v) is 14.5. The Labute approximate surface area is 141 Å². The van der Waals surface area contributed by atoms with Gasteiger partial charge in [0, 0.05) is 28.9 Å². The second kappa shape index (κ2) is 9.09. The largest absolute Gasteiger partial charge is 0.353 e. The Kier molecular flexibility index (Phi) is 7.10. The molecule has 1 aromatic rings. The molecule has 1 aliphatic carbocycles. The van der Waals surface area contributed by atoms with Gasteiger partial charge in [-0.05, 0) is 25.0 Å². The molecule has 0 bridgehead atoms. The number of amides is 1. The van der Waals surface area contributed by atoms with E-state index >= 15 is 0 Å². The van der Waals surface area contributed by atoms with Gasteiger partial charge in [-0.15, -0.1) is 0 Å². The van der Waals surface area contributed by atoms with E-state index in [1.54, 1.807) is 12.1 Å². The molecule has 0 aliphatic heterocycles. The van der Waals surface area contributed by atoms with E-state index in [2.05, 4.69) is 21.2 Å². The number of hydrogen-bond donors (Lipinski definition) is 1. The number of carbonyl (C=O) groups excluding carboxylic acids is 2. The fourth-order valence-corrected chi connectivity index (χ4v) is 3.17. The summed E-state index contributed by atoms with van der Waals surface area (Å²) >= 11 is 3.35. The van der Waals surface area contributed by atoms with Gasteiger partial charge in [0.05, 0.1) is 0 Å². The van der Waals surface area contributed by atoms with Crippen molar-refractivity contribution in [1.82, 2.24) is 5.32 Å². The summed E-state index contributed by atoms with van der Waals surface area (Å²) in [6.45, 7) is 0. The lowest BCUT2D eigenvalue weighted by Gasteiger charge is -2.21. The summed E-state index contributed by atoms with van der Waals surface area (Å²) < 4.78 is 0.950. The average Bonchev–Trinajstić information content (AvgIpc) is 2.48. The third-order valence-electron chi connectivity index (χ3n) is 4.22. The molecule has 120 valence electrons. The number of nitrogens with one attached hydrogen (secondary N) is 1. The molecule has 0 atom stereocenters. The van der Waals surface area contributed by atoms with Crippen LogP contribution in [0.5, 0.6) is 0 Å². The summed E-state index contributed by atoms with van der Waals surface area (Å²) in [5.74, 6) is 0.0383. The Bertz CT molecular complexity index is 490. The van der Waals surface area contributed by atoms with Gasteiger partial charge in [0.2, 0.25) is 5.91 Å². The molecule has 0 radical (unpaired) electrons. The fraction of sp³-hybridized carbons (Fsp3) is 0.556. The summed E-state index contributed by atoms with van der Waals surface area (Å²) in [7, 11) is 0. The van der Waals surface area contributed by atoms with Gasteiger partial charge in [-0.1, -0.05) is 60.2 Å². The lowest BCUT2D eigenvalue weighted by molar-refractivity contribution is -0.121. The van der Waals surface area contributed by atoms with Crippen molar-refractivity contribution in [2.75, 3.05) is 0 Å². The van der Waals surface area contributed by atoms with Gasteiger partial charge in [-0.25, -0.2) is 0 Å². The first-order valence-corrected chi connectivity index (χ1v) is 9.02. The van der Waals surface area contributed by atoms with E-state index in [1.165, 1.54) is 32.1 Å². The van der Waals surface area contributed by atoms with Crippen LogP contribution in [0.25, 0.3) is 0 Å². The monoisotopic (exact) mass is 365 g/mol. The van der Waals surface area contributed by atoms with Gasteiger partial charge in [0.1, 0.15) is 0 Å². The van der Waals surface area contributed by atoms with Crippen LogP contribution in [0.3, 0.4) is 0 Å². The van der Waals surface area contributed by atoms with E-state index in [0.29, 0.717) is 11.6 Å². The Balaban J connectivity index is 1.74. The van der Waals surface area contributed by atoms with E-state index in [9.17, 15) is 9.59 Å². The second-order valence-electron chi connectivity index (χ2n) is 6.04. The maximum absolute atomic E-state index is 12.1. The Morgan fingerprint density at radius 1 is 0.955 bits per heavy atom. The van der Waals surface area contributed by atoms with Crippen molar-refractivity contribution in [2.45, 2.75) is 63.8 Å². The molecule has 0 heterocycles. The van der Waals surface area contributed by atoms with Crippen LogP contribution in [0.15, 0.2) is 28.7 Å². The molecule has 3 nitrogen and oxygen atoms in total. The number of halogens is 1. The Morgan fingerprint density at radius 3 is 2.18 bits per heavy atom. The normalized spacial score (nSPS) is 16.6. The standard InChI is InChI=1S/C18H24BrNO2/c19-15-10-8-14(9-11-15)17(21)12-13-18(22)20-16-6-4-2-1-3-5-7-16/h8-11,16H,1-7,12-13H2,(H,20,22). The van der Waals surface area contributed by atoms with Gasteiger partial charge >= 0.3 is 0 Å². The minimum Gasteiger partial charge on any atom is -0.353 e. The molecule has 4 heteroatoms. The van der Waals surface area contributed by atoms with E-state index < -0.39 is 0 Å². The van der Waals surface area contributed by atoms with Crippen LogP contribution in [0.1, 0.15) is 68.1 Å². The van der Waals surface area contributed by atoms with Crippen molar-refractivity contribution < 1.29 is 9.59 Å². The highest BCUT2D eigenvalue weighted by atomic mass is 79.9. The summed E-state index contributed by atoms with van der Waals surface area (Å²) in [4.78, 5) is 24.1. The molecular formula is C18H24BrNO2. The summed E-state index contributed by atoms with van der Waals surface area (Å²) in [6, 6.07) is 7.58. The lowest BCUT2D eigenvalue weighted by atomic mass is 9.96. The minimum atomic E-state index is 0.0102. The third-order valence-corrected chi connectivity index (χ3v) is 4.74. The lowest BCUT2D eigenvalue weighted by Crippen LogP contribution is -2.35. The van der Waals surface area contributed by atoms with Crippen molar-refractivity contribution in [2.24, 2.45) is 0 Å². The van der Waals surface area contributed by atoms with Crippen LogP contribution in [-0.4, -0.2) is 17.7 Å². The van der Waals surface area contributed by atoms with Crippen LogP contribution in [-0.2, 0) is 4.79 Å². The molecule has 0 unspecified atom stereocenters. The van der Waals surface area contributed by atoms with Crippen LogP contribution < -0.4 is 5.32 Å². The Hall–Kier alpha value is -1.16. The number of ketones is 1. The number of benzene rings is 1. The third kappa shape index (κ3) is 5.91. The van der Waals surface area contributed by atoms with E-state index in [4.69, 9.17) is 0 Å². The maximum atomic E-state index is 12.1. The zero-order chi connectivity index (χ0) is 15.8. The smallest absolute Gasteiger partial charge is 0.220 e. The summed E-state index contributed by atoms with van der Waals surface area (Å²) in [5, 5.41) is 3.10. The molecule has 0 spiro atoms. The molecule has 2 rings (SSSR count). The molecule has 0 saturated heterocycles. The highest BCUT2D eigenvalue weighted by Gasteiger charge is 2.15. The molecule has 1 fully saturated rings. The highest BCUT2D eigenvalue weighted by Crippen LogP contribution is 2.17. The average molecular weight is 366 g/mol. The minimum absolute atomic E-state index is 0.0102. The van der Waals surface area contributed by atoms with Gasteiger partial charge in [0.15, 0.2) is 5.78 Å².